The van der Waals surface area contributed by atoms with Crippen LogP contribution in [0.15, 0.2) is 35.7 Å². The number of carbonyl (C=O) groups is 1. The number of amides is 1. The second-order valence-corrected chi connectivity index (χ2v) is 7.67. The highest BCUT2D eigenvalue weighted by molar-refractivity contribution is 14.1. The summed E-state index contributed by atoms with van der Waals surface area (Å²) in [5.74, 6) is 0.565. The molecule has 1 rings (SSSR count). The maximum atomic E-state index is 10.8. The molecule has 0 saturated carbocycles. The lowest BCUT2D eigenvalue weighted by atomic mass is 10.2. The molecule has 116 valence electrons. The van der Waals surface area contributed by atoms with Crippen LogP contribution in [0.4, 0.5) is 4.79 Å². The van der Waals surface area contributed by atoms with Crippen molar-refractivity contribution >= 4 is 48.4 Å². The van der Waals surface area contributed by atoms with Crippen LogP contribution in [0.2, 0.25) is 0 Å². The predicted octanol–water partition coefficient (Wildman–Crippen LogP) is 2.61. The summed E-state index contributed by atoms with van der Waals surface area (Å²) >= 11 is 2.15. The molecule has 6 nitrogen and oxygen atoms in total. The predicted molar refractivity (Wildman–Crippen MR) is 87.6 cm³/mol. The zero-order valence-corrected chi connectivity index (χ0v) is 14.5. The zero-order chi connectivity index (χ0) is 15.9. The maximum absolute atomic E-state index is 10.8. The molecule has 0 aliphatic heterocycles. The topological polar surface area (TPSA) is 95.7 Å². The molecule has 1 aromatic carbocycles. The van der Waals surface area contributed by atoms with E-state index >= 15 is 0 Å². The van der Waals surface area contributed by atoms with Crippen molar-refractivity contribution in [3.8, 4) is 5.75 Å². The molecule has 1 atom stereocenters. The second-order valence-electron chi connectivity index (χ2n) is 3.91. The lowest BCUT2D eigenvalue weighted by molar-refractivity contribution is 0.0888. The Morgan fingerprint density at radius 3 is 2.52 bits per heavy atom. The Morgan fingerprint density at radius 2 is 2.00 bits per heavy atom. The van der Waals surface area contributed by atoms with Crippen LogP contribution in [0.1, 0.15) is 6.42 Å². The molecule has 1 aromatic rings. The van der Waals surface area contributed by atoms with E-state index in [2.05, 4.69) is 27.3 Å². The van der Waals surface area contributed by atoms with Gasteiger partial charge in [-0.3, -0.25) is 0 Å². The number of rotatable bonds is 7. The smallest absolute Gasteiger partial charge is 0.404 e. The van der Waals surface area contributed by atoms with Crippen molar-refractivity contribution in [1.29, 1.82) is 0 Å². The van der Waals surface area contributed by atoms with E-state index in [0.717, 1.165) is 8.98 Å². The summed E-state index contributed by atoms with van der Waals surface area (Å²) in [6.45, 7) is -0.103. The Hall–Kier alpha value is -1.000. The molecule has 0 radical (unpaired) electrons. The number of hydrogen-bond acceptors (Lipinski definition) is 5. The third-order valence-electron chi connectivity index (χ3n) is 2.19. The second kappa shape index (κ2) is 8.44. The van der Waals surface area contributed by atoms with Crippen LogP contribution in [0, 0.1) is 3.57 Å². The van der Waals surface area contributed by atoms with Gasteiger partial charge in [-0.15, -0.1) is 0 Å². The summed E-state index contributed by atoms with van der Waals surface area (Å²) in [6.07, 6.45) is 0.00214. The summed E-state index contributed by atoms with van der Waals surface area (Å²) in [5, 5.41) is 0.850. The first kappa shape index (κ1) is 18.1. The van der Waals surface area contributed by atoms with Crippen LogP contribution >= 0.6 is 33.3 Å². The molecule has 0 spiro atoms. The molecule has 0 bridgehead atoms. The fourth-order valence-corrected chi connectivity index (χ4v) is 2.27. The van der Waals surface area contributed by atoms with Gasteiger partial charge in [-0.05, 0) is 46.9 Å². The Kier molecular flexibility index (Phi) is 7.26. The van der Waals surface area contributed by atoms with E-state index in [9.17, 15) is 13.2 Å². The Balaban J connectivity index is 2.69. The van der Waals surface area contributed by atoms with Gasteiger partial charge in [0.05, 0.1) is 0 Å². The van der Waals surface area contributed by atoms with Crippen LogP contribution < -0.4 is 10.5 Å². The molecule has 1 amide bonds. The fraction of sp³-hybridized carbons (Fsp3) is 0.250. The van der Waals surface area contributed by atoms with Gasteiger partial charge in [0, 0.05) is 26.1 Å². The average molecular weight is 446 g/mol. The van der Waals surface area contributed by atoms with Gasteiger partial charge < -0.3 is 15.2 Å². The van der Waals surface area contributed by atoms with Gasteiger partial charge in [0.1, 0.15) is 18.5 Å². The maximum Gasteiger partial charge on any atom is 0.404 e. The SMILES string of the molecule is NC(=O)OCC(CC=CS(=O)(=O)Cl)Oc1ccc(I)cc1. The summed E-state index contributed by atoms with van der Waals surface area (Å²) in [7, 11) is 1.33. The zero-order valence-electron chi connectivity index (χ0n) is 10.7. The van der Waals surface area contributed by atoms with Crippen molar-refractivity contribution in [1.82, 2.24) is 0 Å². The molecule has 9 heteroatoms. The van der Waals surface area contributed by atoms with Crippen LogP contribution in [-0.2, 0) is 13.8 Å². The molecule has 0 saturated heterocycles. The number of hydrogen-bond donors (Lipinski definition) is 1. The third-order valence-corrected chi connectivity index (χ3v) is 3.73. The lowest BCUT2D eigenvalue weighted by Crippen LogP contribution is -2.26. The minimum Gasteiger partial charge on any atom is -0.487 e. The normalized spacial score (nSPS) is 13.0. The highest BCUT2D eigenvalue weighted by atomic mass is 127. The lowest BCUT2D eigenvalue weighted by Gasteiger charge is -2.17. The van der Waals surface area contributed by atoms with Gasteiger partial charge in [-0.1, -0.05) is 6.08 Å². The summed E-state index contributed by atoms with van der Waals surface area (Å²) in [6, 6.07) is 7.20. The summed E-state index contributed by atoms with van der Waals surface area (Å²) in [5.41, 5.74) is 4.90. The number of nitrogens with two attached hydrogens (primary N) is 1. The van der Waals surface area contributed by atoms with Crippen molar-refractivity contribution < 1.29 is 22.7 Å². The first-order chi connectivity index (χ1) is 9.76. The van der Waals surface area contributed by atoms with Gasteiger partial charge in [0.25, 0.3) is 9.05 Å². The van der Waals surface area contributed by atoms with E-state index in [-0.39, 0.29) is 13.0 Å². The largest absolute Gasteiger partial charge is 0.487 e. The molecule has 0 aromatic heterocycles. The molecule has 1 unspecified atom stereocenters. The number of halogens is 2. The van der Waals surface area contributed by atoms with E-state index in [1.54, 1.807) is 12.1 Å². The molecule has 0 fully saturated rings. The van der Waals surface area contributed by atoms with Crippen molar-refractivity contribution in [2.75, 3.05) is 6.61 Å². The van der Waals surface area contributed by atoms with E-state index in [1.165, 1.54) is 6.08 Å². The van der Waals surface area contributed by atoms with Gasteiger partial charge in [-0.2, -0.15) is 0 Å². The van der Waals surface area contributed by atoms with Gasteiger partial charge in [0.15, 0.2) is 0 Å². The van der Waals surface area contributed by atoms with Gasteiger partial charge in [-0.25, -0.2) is 13.2 Å². The average Bonchev–Trinajstić information content (AvgIpc) is 2.36. The number of ether oxygens (including phenoxy) is 2. The van der Waals surface area contributed by atoms with E-state index in [0.29, 0.717) is 5.75 Å². The first-order valence-electron chi connectivity index (χ1n) is 5.72. The minimum atomic E-state index is -3.73. The minimum absolute atomic E-state index is 0.103. The Bertz CT molecular complexity index is 603. The highest BCUT2D eigenvalue weighted by Gasteiger charge is 2.12. The number of primary amides is 1. The Morgan fingerprint density at radius 1 is 1.38 bits per heavy atom. The molecule has 0 aliphatic rings. The van der Waals surface area contributed by atoms with Crippen molar-refractivity contribution in [3.05, 3.63) is 39.3 Å². The molecule has 21 heavy (non-hydrogen) atoms. The van der Waals surface area contributed by atoms with Gasteiger partial charge >= 0.3 is 6.09 Å². The van der Waals surface area contributed by atoms with E-state index in [4.69, 9.17) is 21.2 Å². The molecular formula is C12H13ClINO5S. The summed E-state index contributed by atoms with van der Waals surface area (Å²) < 4.78 is 32.9. The molecular weight excluding hydrogens is 433 g/mol. The first-order valence-corrected chi connectivity index (χ1v) is 9.17. The van der Waals surface area contributed by atoms with E-state index < -0.39 is 21.2 Å². The Labute approximate surface area is 140 Å². The fourth-order valence-electron chi connectivity index (χ4n) is 1.35. The van der Waals surface area contributed by atoms with Crippen LogP contribution in [0.25, 0.3) is 0 Å². The van der Waals surface area contributed by atoms with Crippen LogP contribution in [0.5, 0.6) is 5.75 Å². The monoisotopic (exact) mass is 445 g/mol. The van der Waals surface area contributed by atoms with Crippen molar-refractivity contribution in [3.63, 3.8) is 0 Å². The van der Waals surface area contributed by atoms with Crippen molar-refractivity contribution in [2.45, 2.75) is 12.5 Å². The standard InChI is InChI=1S/C12H13ClINO5S/c13-21(17,18)7-1-2-11(8-19-12(15)16)20-10-5-3-9(14)4-6-10/h1,3-7,11H,2,8H2,(H2,15,16). The van der Waals surface area contributed by atoms with E-state index in [1.807, 2.05) is 12.1 Å². The quantitative estimate of drug-likeness (QED) is 0.514. The van der Waals surface area contributed by atoms with Crippen LogP contribution in [-0.4, -0.2) is 27.2 Å². The van der Waals surface area contributed by atoms with Crippen LogP contribution in [0.3, 0.4) is 0 Å². The number of benzene rings is 1. The molecule has 2 N–H and O–H groups in total. The molecule has 0 heterocycles. The highest BCUT2D eigenvalue weighted by Crippen LogP contribution is 2.16. The van der Waals surface area contributed by atoms with Crippen molar-refractivity contribution in [2.24, 2.45) is 5.73 Å². The summed E-state index contributed by atoms with van der Waals surface area (Å²) in [4.78, 5) is 10.6. The third kappa shape index (κ3) is 8.79. The number of carbonyl (C=O) groups excluding carboxylic acids is 1. The van der Waals surface area contributed by atoms with Gasteiger partial charge in [0.2, 0.25) is 0 Å². The molecule has 0 aliphatic carbocycles.